The van der Waals surface area contributed by atoms with Crippen LogP contribution in [0.4, 0.5) is 5.82 Å². The number of carbonyl (C=O) groups is 1. The average molecular weight is 440 g/mol. The second-order valence-electron chi connectivity index (χ2n) is 8.19. The summed E-state index contributed by atoms with van der Waals surface area (Å²) in [5.41, 5.74) is 3.23. The van der Waals surface area contributed by atoms with E-state index in [2.05, 4.69) is 43.0 Å². The van der Waals surface area contributed by atoms with Crippen LogP contribution in [0, 0.1) is 6.92 Å². The zero-order chi connectivity index (χ0) is 21.1. The maximum absolute atomic E-state index is 13.0. The van der Waals surface area contributed by atoms with Crippen LogP contribution in [0.2, 0.25) is 0 Å². The molecule has 0 aliphatic carbocycles. The Hall–Kier alpha value is -1.92. The molecule has 0 N–H and O–H groups in total. The number of carbonyl (C=O) groups excluding carboxylic acids is 1. The molecule has 0 saturated carbocycles. The molecule has 1 aromatic heterocycles. The van der Waals surface area contributed by atoms with E-state index in [0.717, 1.165) is 54.6 Å². The van der Waals surface area contributed by atoms with Crippen LogP contribution >= 0.6 is 24.0 Å². The quantitative estimate of drug-likeness (QED) is 0.317. The summed E-state index contributed by atoms with van der Waals surface area (Å²) in [5.74, 6) is 1.03. The molecule has 0 bridgehead atoms. The Morgan fingerprint density at radius 2 is 1.97 bits per heavy atom. The van der Waals surface area contributed by atoms with Crippen molar-refractivity contribution in [3.05, 3.63) is 40.3 Å². The summed E-state index contributed by atoms with van der Waals surface area (Å²) in [7, 11) is 0. The second kappa shape index (κ2) is 9.48. The van der Waals surface area contributed by atoms with Gasteiger partial charge in [0.15, 0.2) is 0 Å². The number of aryl methyl sites for hydroxylation is 1. The summed E-state index contributed by atoms with van der Waals surface area (Å²) in [6.07, 6.45) is 8.90. The van der Waals surface area contributed by atoms with Gasteiger partial charge in [0, 0.05) is 30.6 Å². The van der Waals surface area contributed by atoms with Gasteiger partial charge < -0.3 is 4.90 Å². The van der Waals surface area contributed by atoms with Crippen LogP contribution < -0.4 is 4.90 Å². The SMILES string of the molecule is CCCCCN1C(=O)/C(=C/c2cc3cc(C)ccc3nc2N2CCCCC2)SC1=S. The summed E-state index contributed by atoms with van der Waals surface area (Å²) in [6, 6.07) is 8.55. The van der Waals surface area contributed by atoms with E-state index in [1.54, 1.807) is 4.90 Å². The largest absolute Gasteiger partial charge is 0.356 e. The maximum Gasteiger partial charge on any atom is 0.266 e. The van der Waals surface area contributed by atoms with Crippen molar-refractivity contribution in [1.29, 1.82) is 0 Å². The molecule has 0 spiro atoms. The lowest BCUT2D eigenvalue weighted by Gasteiger charge is -2.29. The Morgan fingerprint density at radius 3 is 2.73 bits per heavy atom. The molecule has 0 atom stereocenters. The Kier molecular flexibility index (Phi) is 6.74. The van der Waals surface area contributed by atoms with Gasteiger partial charge in [-0.15, -0.1) is 0 Å². The lowest BCUT2D eigenvalue weighted by molar-refractivity contribution is -0.122. The van der Waals surface area contributed by atoms with Gasteiger partial charge in [-0.2, -0.15) is 0 Å². The number of hydrogen-bond acceptors (Lipinski definition) is 5. The number of hydrogen-bond donors (Lipinski definition) is 0. The van der Waals surface area contributed by atoms with Gasteiger partial charge in [-0.3, -0.25) is 9.69 Å². The first kappa shape index (κ1) is 21.3. The van der Waals surface area contributed by atoms with Crippen molar-refractivity contribution in [2.45, 2.75) is 52.4 Å². The molecule has 2 aliphatic heterocycles. The van der Waals surface area contributed by atoms with E-state index in [1.165, 1.54) is 36.6 Å². The highest BCUT2D eigenvalue weighted by molar-refractivity contribution is 8.26. The van der Waals surface area contributed by atoms with E-state index < -0.39 is 0 Å². The molecule has 0 radical (unpaired) electrons. The van der Waals surface area contributed by atoms with Gasteiger partial charge in [0.05, 0.1) is 10.4 Å². The van der Waals surface area contributed by atoms with Gasteiger partial charge in [-0.1, -0.05) is 55.4 Å². The monoisotopic (exact) mass is 439 g/mol. The highest BCUT2D eigenvalue weighted by atomic mass is 32.2. The Bertz CT molecular complexity index is 995. The molecule has 1 amide bonds. The van der Waals surface area contributed by atoms with E-state index in [1.807, 2.05) is 6.08 Å². The van der Waals surface area contributed by atoms with Crippen LogP contribution in [-0.4, -0.2) is 39.7 Å². The van der Waals surface area contributed by atoms with Crippen molar-refractivity contribution in [2.75, 3.05) is 24.5 Å². The zero-order valence-corrected chi connectivity index (χ0v) is 19.5. The highest BCUT2D eigenvalue weighted by Crippen LogP contribution is 2.35. The van der Waals surface area contributed by atoms with Gasteiger partial charge in [0.2, 0.25) is 0 Å². The van der Waals surface area contributed by atoms with Crippen LogP contribution in [0.25, 0.3) is 17.0 Å². The average Bonchev–Trinajstić information content (AvgIpc) is 3.01. The number of anilines is 1. The summed E-state index contributed by atoms with van der Waals surface area (Å²) >= 11 is 6.93. The summed E-state index contributed by atoms with van der Waals surface area (Å²) in [5, 5.41) is 1.11. The third-order valence-electron chi connectivity index (χ3n) is 5.78. The molecule has 4 nitrogen and oxygen atoms in total. The van der Waals surface area contributed by atoms with Gasteiger partial charge >= 0.3 is 0 Å². The van der Waals surface area contributed by atoms with Gasteiger partial charge in [-0.25, -0.2) is 4.98 Å². The van der Waals surface area contributed by atoms with E-state index in [9.17, 15) is 4.79 Å². The second-order valence-corrected chi connectivity index (χ2v) is 9.86. The molecule has 2 saturated heterocycles. The van der Waals surface area contributed by atoms with Crippen LogP contribution in [-0.2, 0) is 4.79 Å². The number of fused-ring (bicyclic) bond motifs is 1. The molecule has 0 unspecified atom stereocenters. The number of piperidine rings is 1. The fourth-order valence-corrected chi connectivity index (χ4v) is 5.42. The Labute approximate surface area is 188 Å². The standard InChI is InChI=1S/C24H29N3OS2/c1-3-4-6-13-27-23(28)21(30-24(27)29)16-19-15-18-14-17(2)9-10-20(18)25-22(19)26-11-7-5-8-12-26/h9-10,14-16H,3-8,11-13H2,1-2H3/b21-16-. The minimum absolute atomic E-state index is 0.0371. The first-order valence-corrected chi connectivity index (χ1v) is 12.2. The van der Waals surface area contributed by atoms with E-state index >= 15 is 0 Å². The minimum atomic E-state index is 0.0371. The lowest BCUT2D eigenvalue weighted by Crippen LogP contribution is -2.31. The number of thiocarbonyl (C=S) groups is 1. The van der Waals surface area contributed by atoms with Gasteiger partial charge in [0.1, 0.15) is 10.1 Å². The number of rotatable bonds is 6. The third kappa shape index (κ3) is 4.54. The maximum atomic E-state index is 13.0. The summed E-state index contributed by atoms with van der Waals surface area (Å²) in [6.45, 7) is 7.01. The predicted molar refractivity (Wildman–Crippen MR) is 132 cm³/mol. The van der Waals surface area contributed by atoms with Crippen LogP contribution in [0.15, 0.2) is 29.2 Å². The van der Waals surface area contributed by atoms with Crippen LogP contribution in [0.1, 0.15) is 56.6 Å². The topological polar surface area (TPSA) is 36.4 Å². The summed E-state index contributed by atoms with van der Waals surface area (Å²) < 4.78 is 0.673. The molecule has 3 heterocycles. The highest BCUT2D eigenvalue weighted by Gasteiger charge is 2.32. The predicted octanol–water partition coefficient (Wildman–Crippen LogP) is 5.92. The van der Waals surface area contributed by atoms with Crippen molar-refractivity contribution in [1.82, 2.24) is 9.88 Å². The number of nitrogens with zero attached hydrogens (tertiary/aromatic N) is 3. The van der Waals surface area contributed by atoms with E-state index in [0.29, 0.717) is 15.8 Å². The number of benzene rings is 1. The fourth-order valence-electron chi connectivity index (χ4n) is 4.12. The first-order chi connectivity index (χ1) is 14.6. The normalized spacial score (nSPS) is 18.8. The summed E-state index contributed by atoms with van der Waals surface area (Å²) in [4.78, 5) is 22.9. The number of thioether (sulfide) groups is 1. The van der Waals surface area contributed by atoms with Gasteiger partial charge in [0.25, 0.3) is 5.91 Å². The minimum Gasteiger partial charge on any atom is -0.356 e. The number of aromatic nitrogens is 1. The molecule has 2 fully saturated rings. The third-order valence-corrected chi connectivity index (χ3v) is 7.16. The molecule has 6 heteroatoms. The zero-order valence-electron chi connectivity index (χ0n) is 17.8. The molecular weight excluding hydrogens is 410 g/mol. The van der Waals surface area contributed by atoms with Crippen molar-refractivity contribution >= 4 is 57.0 Å². The molecule has 30 heavy (non-hydrogen) atoms. The van der Waals surface area contributed by atoms with Crippen molar-refractivity contribution < 1.29 is 4.79 Å². The van der Waals surface area contributed by atoms with Crippen molar-refractivity contribution in [3.8, 4) is 0 Å². The molecule has 1 aromatic carbocycles. The number of unbranched alkanes of at least 4 members (excludes halogenated alkanes) is 2. The van der Waals surface area contributed by atoms with Crippen LogP contribution in [0.3, 0.4) is 0 Å². The van der Waals surface area contributed by atoms with Crippen molar-refractivity contribution in [3.63, 3.8) is 0 Å². The Balaban J connectivity index is 1.71. The molecule has 158 valence electrons. The Morgan fingerprint density at radius 1 is 1.17 bits per heavy atom. The first-order valence-electron chi connectivity index (χ1n) is 11.0. The molecule has 2 aliphatic rings. The van der Waals surface area contributed by atoms with Crippen molar-refractivity contribution in [2.24, 2.45) is 0 Å². The number of amides is 1. The smallest absolute Gasteiger partial charge is 0.266 e. The fraction of sp³-hybridized carbons (Fsp3) is 0.458. The van der Waals surface area contributed by atoms with Crippen LogP contribution in [0.5, 0.6) is 0 Å². The molecular formula is C24H29N3OS2. The van der Waals surface area contributed by atoms with E-state index in [-0.39, 0.29) is 5.91 Å². The molecule has 4 rings (SSSR count). The number of pyridine rings is 1. The van der Waals surface area contributed by atoms with Gasteiger partial charge in [-0.05, 0) is 56.9 Å². The van der Waals surface area contributed by atoms with E-state index in [4.69, 9.17) is 17.2 Å². The molecule has 2 aromatic rings. The lowest BCUT2D eigenvalue weighted by atomic mass is 10.1.